The second-order valence-corrected chi connectivity index (χ2v) is 6.32. The van der Waals surface area contributed by atoms with Gasteiger partial charge in [0.15, 0.2) is 0 Å². The van der Waals surface area contributed by atoms with E-state index in [-0.39, 0.29) is 5.91 Å². The molecule has 0 spiro atoms. The highest BCUT2D eigenvalue weighted by Gasteiger charge is 2.19. The van der Waals surface area contributed by atoms with E-state index >= 15 is 0 Å². The molecule has 1 heterocycles. The highest BCUT2D eigenvalue weighted by molar-refractivity contribution is 9.10. The molecular weight excluding hydrogens is 316 g/mol. The largest absolute Gasteiger partial charge is 0.352 e. The third-order valence-electron chi connectivity index (χ3n) is 4.14. The monoisotopic (exact) mass is 338 g/mol. The van der Waals surface area contributed by atoms with Gasteiger partial charge >= 0.3 is 0 Å². The van der Waals surface area contributed by atoms with E-state index in [1.165, 1.54) is 12.8 Å². The minimum atomic E-state index is 0.0264. The smallest absolute Gasteiger partial charge is 0.252 e. The Morgan fingerprint density at radius 1 is 1.40 bits per heavy atom. The number of nitrogens with one attached hydrogen (secondary N) is 1. The van der Waals surface area contributed by atoms with Crippen LogP contribution in [0.25, 0.3) is 0 Å². The molecule has 1 aromatic carbocycles. The molecule has 0 aliphatic carbocycles. The zero-order valence-corrected chi connectivity index (χ0v) is 13.9. The van der Waals surface area contributed by atoms with Gasteiger partial charge in [-0.25, -0.2) is 0 Å². The molecule has 1 aliphatic heterocycles. The van der Waals surface area contributed by atoms with Crippen LogP contribution < -0.4 is 5.32 Å². The molecule has 1 saturated heterocycles. The van der Waals surface area contributed by atoms with E-state index in [9.17, 15) is 4.79 Å². The van der Waals surface area contributed by atoms with Gasteiger partial charge in [-0.3, -0.25) is 4.79 Å². The van der Waals surface area contributed by atoms with Crippen LogP contribution in [-0.2, 0) is 0 Å². The van der Waals surface area contributed by atoms with E-state index in [4.69, 9.17) is 0 Å². The first-order valence-corrected chi connectivity index (χ1v) is 8.16. The summed E-state index contributed by atoms with van der Waals surface area (Å²) < 4.78 is 0.901. The Morgan fingerprint density at radius 2 is 2.10 bits per heavy atom. The van der Waals surface area contributed by atoms with Gasteiger partial charge in [-0.1, -0.05) is 19.1 Å². The Labute approximate surface area is 129 Å². The molecule has 1 aromatic rings. The Balaban J connectivity index is 1.85. The van der Waals surface area contributed by atoms with Crippen molar-refractivity contribution < 1.29 is 4.79 Å². The molecule has 1 fully saturated rings. The van der Waals surface area contributed by atoms with E-state index < -0.39 is 0 Å². The van der Waals surface area contributed by atoms with Crippen LogP contribution in [0, 0.1) is 12.8 Å². The summed E-state index contributed by atoms with van der Waals surface area (Å²) in [6, 6.07) is 5.79. The number of aryl methyl sites for hydroxylation is 1. The van der Waals surface area contributed by atoms with E-state index in [2.05, 4.69) is 33.1 Å². The minimum absolute atomic E-state index is 0.0264. The lowest BCUT2D eigenvalue weighted by molar-refractivity contribution is 0.0936. The molecule has 0 radical (unpaired) electrons. The van der Waals surface area contributed by atoms with Crippen LogP contribution in [0.5, 0.6) is 0 Å². The summed E-state index contributed by atoms with van der Waals surface area (Å²) in [6.45, 7) is 8.45. The zero-order chi connectivity index (χ0) is 14.5. The average molecular weight is 339 g/mol. The lowest BCUT2D eigenvalue weighted by Crippen LogP contribution is -2.38. The second kappa shape index (κ2) is 7.23. The first kappa shape index (κ1) is 15.5. The molecule has 110 valence electrons. The summed E-state index contributed by atoms with van der Waals surface area (Å²) in [5.74, 6) is 0.642. The van der Waals surface area contributed by atoms with Crippen molar-refractivity contribution in [2.24, 2.45) is 5.92 Å². The number of rotatable bonds is 4. The van der Waals surface area contributed by atoms with Gasteiger partial charge in [0.05, 0.1) is 5.56 Å². The highest BCUT2D eigenvalue weighted by Crippen LogP contribution is 2.21. The Hall–Kier alpha value is -0.870. The SMILES string of the molecule is CCN1CCC(CNC(=O)c2cccc(C)c2Br)CC1. The topological polar surface area (TPSA) is 32.3 Å². The number of hydrogen-bond acceptors (Lipinski definition) is 2. The zero-order valence-electron chi connectivity index (χ0n) is 12.3. The number of benzene rings is 1. The van der Waals surface area contributed by atoms with Gasteiger partial charge in [-0.15, -0.1) is 0 Å². The normalized spacial score (nSPS) is 17.1. The van der Waals surface area contributed by atoms with Gasteiger partial charge in [0.25, 0.3) is 5.91 Å². The van der Waals surface area contributed by atoms with Crippen molar-refractivity contribution in [3.05, 3.63) is 33.8 Å². The molecule has 2 rings (SSSR count). The summed E-state index contributed by atoms with van der Waals surface area (Å²) in [4.78, 5) is 14.7. The molecule has 1 N–H and O–H groups in total. The van der Waals surface area contributed by atoms with E-state index in [1.54, 1.807) is 0 Å². The van der Waals surface area contributed by atoms with Gasteiger partial charge in [-0.05, 0) is 72.9 Å². The summed E-state index contributed by atoms with van der Waals surface area (Å²) in [5.41, 5.74) is 1.82. The number of carbonyl (C=O) groups is 1. The van der Waals surface area contributed by atoms with Crippen LogP contribution in [0.3, 0.4) is 0 Å². The van der Waals surface area contributed by atoms with Crippen LogP contribution in [0.15, 0.2) is 22.7 Å². The fourth-order valence-corrected chi connectivity index (χ4v) is 3.11. The van der Waals surface area contributed by atoms with Crippen LogP contribution in [0.4, 0.5) is 0 Å². The van der Waals surface area contributed by atoms with Crippen molar-refractivity contribution in [3.8, 4) is 0 Å². The summed E-state index contributed by atoms with van der Waals surface area (Å²) in [5, 5.41) is 3.08. The Morgan fingerprint density at radius 3 is 2.75 bits per heavy atom. The van der Waals surface area contributed by atoms with Crippen molar-refractivity contribution in [3.63, 3.8) is 0 Å². The molecule has 1 aliphatic rings. The van der Waals surface area contributed by atoms with Crippen molar-refractivity contribution in [2.45, 2.75) is 26.7 Å². The fraction of sp³-hybridized carbons (Fsp3) is 0.562. The van der Waals surface area contributed by atoms with Crippen molar-refractivity contribution >= 4 is 21.8 Å². The lowest BCUT2D eigenvalue weighted by Gasteiger charge is -2.31. The number of likely N-dealkylation sites (tertiary alicyclic amines) is 1. The maximum atomic E-state index is 12.2. The predicted molar refractivity (Wildman–Crippen MR) is 86.1 cm³/mol. The molecule has 0 unspecified atom stereocenters. The van der Waals surface area contributed by atoms with Gasteiger partial charge in [0.2, 0.25) is 0 Å². The van der Waals surface area contributed by atoms with Gasteiger partial charge in [0, 0.05) is 11.0 Å². The second-order valence-electron chi connectivity index (χ2n) is 5.52. The van der Waals surface area contributed by atoms with Crippen molar-refractivity contribution in [1.29, 1.82) is 0 Å². The van der Waals surface area contributed by atoms with Crippen LogP contribution >= 0.6 is 15.9 Å². The van der Waals surface area contributed by atoms with Crippen molar-refractivity contribution in [1.82, 2.24) is 10.2 Å². The minimum Gasteiger partial charge on any atom is -0.352 e. The number of amides is 1. The van der Waals surface area contributed by atoms with Crippen LogP contribution in [0.2, 0.25) is 0 Å². The van der Waals surface area contributed by atoms with Crippen LogP contribution in [-0.4, -0.2) is 37.0 Å². The molecule has 4 heteroatoms. The lowest BCUT2D eigenvalue weighted by atomic mass is 9.96. The first-order chi connectivity index (χ1) is 9.61. The molecular formula is C16H23BrN2O. The highest BCUT2D eigenvalue weighted by atomic mass is 79.9. The summed E-state index contributed by atoms with van der Waals surface area (Å²) in [7, 11) is 0. The third-order valence-corrected chi connectivity index (χ3v) is 5.19. The number of piperidine rings is 1. The molecule has 20 heavy (non-hydrogen) atoms. The number of nitrogens with zero attached hydrogens (tertiary/aromatic N) is 1. The quantitative estimate of drug-likeness (QED) is 0.914. The standard InChI is InChI=1S/C16H23BrN2O/c1-3-19-9-7-13(8-10-19)11-18-16(20)14-6-4-5-12(2)15(14)17/h4-6,13H,3,7-11H2,1-2H3,(H,18,20). The van der Waals surface area contributed by atoms with Crippen LogP contribution in [0.1, 0.15) is 35.7 Å². The summed E-state index contributed by atoms with van der Waals surface area (Å²) in [6.07, 6.45) is 2.37. The van der Waals surface area contributed by atoms with E-state index in [1.807, 2.05) is 25.1 Å². The molecule has 0 atom stereocenters. The van der Waals surface area contributed by atoms with Gasteiger partial charge in [0.1, 0.15) is 0 Å². The Bertz CT molecular complexity index is 468. The third kappa shape index (κ3) is 3.83. The number of halogens is 1. The van der Waals surface area contributed by atoms with E-state index in [0.29, 0.717) is 5.92 Å². The molecule has 0 aromatic heterocycles. The fourth-order valence-electron chi connectivity index (χ4n) is 2.66. The number of carbonyl (C=O) groups excluding carboxylic acids is 1. The number of hydrogen-bond donors (Lipinski definition) is 1. The predicted octanol–water partition coefficient (Wildman–Crippen LogP) is 3.22. The maximum Gasteiger partial charge on any atom is 0.252 e. The molecule has 0 saturated carbocycles. The first-order valence-electron chi connectivity index (χ1n) is 7.37. The van der Waals surface area contributed by atoms with Crippen molar-refractivity contribution in [2.75, 3.05) is 26.2 Å². The molecule has 0 bridgehead atoms. The molecule has 3 nitrogen and oxygen atoms in total. The molecule has 1 amide bonds. The van der Waals surface area contributed by atoms with Gasteiger partial charge in [-0.2, -0.15) is 0 Å². The Kier molecular flexibility index (Phi) is 5.61. The summed E-state index contributed by atoms with van der Waals surface area (Å²) >= 11 is 3.50. The average Bonchev–Trinajstić information content (AvgIpc) is 2.48. The van der Waals surface area contributed by atoms with E-state index in [0.717, 1.165) is 41.8 Å². The van der Waals surface area contributed by atoms with Gasteiger partial charge < -0.3 is 10.2 Å². The maximum absolute atomic E-state index is 12.2.